The molecule has 1 atom stereocenters. The van der Waals surface area contributed by atoms with Gasteiger partial charge in [0.05, 0.1) is 24.9 Å². The summed E-state index contributed by atoms with van der Waals surface area (Å²) in [4.78, 5) is 0. The minimum Gasteiger partial charge on any atom is -0.350 e. The van der Waals surface area contributed by atoms with Gasteiger partial charge >= 0.3 is 0 Å². The van der Waals surface area contributed by atoms with Gasteiger partial charge in [0.25, 0.3) is 0 Å². The van der Waals surface area contributed by atoms with E-state index in [2.05, 4.69) is 22.3 Å². The van der Waals surface area contributed by atoms with E-state index in [0.717, 1.165) is 31.7 Å². The van der Waals surface area contributed by atoms with Crippen molar-refractivity contribution in [3.05, 3.63) is 18.0 Å². The van der Waals surface area contributed by atoms with Crippen molar-refractivity contribution in [2.75, 3.05) is 20.3 Å². The van der Waals surface area contributed by atoms with Gasteiger partial charge in [0.15, 0.2) is 6.29 Å². The van der Waals surface area contributed by atoms with Crippen LogP contribution in [0.25, 0.3) is 0 Å². The van der Waals surface area contributed by atoms with Crippen LogP contribution in [0.4, 0.5) is 0 Å². The van der Waals surface area contributed by atoms with E-state index in [1.165, 1.54) is 32.1 Å². The first-order chi connectivity index (χ1) is 10.3. The first-order valence-corrected chi connectivity index (χ1v) is 8.29. The molecule has 3 rings (SSSR count). The molecule has 1 unspecified atom stereocenters. The normalized spacial score (nSPS) is 22.7. The number of hydrogen-bond donors (Lipinski definition) is 1. The van der Waals surface area contributed by atoms with Crippen molar-refractivity contribution in [1.29, 1.82) is 0 Å². The van der Waals surface area contributed by atoms with Crippen LogP contribution >= 0.6 is 0 Å². The highest BCUT2D eigenvalue weighted by Gasteiger charge is 2.22. The molecular formula is C16H27N3O2. The van der Waals surface area contributed by atoms with Gasteiger partial charge in [-0.3, -0.25) is 4.68 Å². The fourth-order valence-electron chi connectivity index (χ4n) is 3.37. The van der Waals surface area contributed by atoms with Gasteiger partial charge in [-0.25, -0.2) is 0 Å². The van der Waals surface area contributed by atoms with Crippen LogP contribution in [0.2, 0.25) is 0 Å². The Morgan fingerprint density at radius 2 is 2.05 bits per heavy atom. The molecule has 0 aromatic carbocycles. The van der Waals surface area contributed by atoms with Gasteiger partial charge in [0, 0.05) is 25.1 Å². The van der Waals surface area contributed by atoms with Crippen molar-refractivity contribution < 1.29 is 9.47 Å². The minimum atomic E-state index is -0.0529. The lowest BCUT2D eigenvalue weighted by molar-refractivity contribution is -0.0523. The fraction of sp³-hybridized carbons (Fsp3) is 0.812. The van der Waals surface area contributed by atoms with Crippen molar-refractivity contribution in [2.24, 2.45) is 0 Å². The van der Waals surface area contributed by atoms with Crippen LogP contribution in [0.3, 0.4) is 0 Å². The molecule has 118 valence electrons. The molecule has 1 aromatic rings. The average molecular weight is 293 g/mol. The summed E-state index contributed by atoms with van der Waals surface area (Å²) in [5.41, 5.74) is 1.16. The summed E-state index contributed by atoms with van der Waals surface area (Å²) < 4.78 is 13.3. The molecule has 21 heavy (non-hydrogen) atoms. The zero-order chi connectivity index (χ0) is 14.5. The molecule has 1 aliphatic heterocycles. The monoisotopic (exact) mass is 293 g/mol. The van der Waals surface area contributed by atoms with Crippen LogP contribution in [0.1, 0.15) is 50.3 Å². The molecule has 5 nitrogen and oxygen atoms in total. The van der Waals surface area contributed by atoms with E-state index in [4.69, 9.17) is 14.6 Å². The molecule has 0 bridgehead atoms. The van der Waals surface area contributed by atoms with Gasteiger partial charge in [-0.2, -0.15) is 5.10 Å². The third kappa shape index (κ3) is 4.05. The summed E-state index contributed by atoms with van der Waals surface area (Å²) >= 11 is 0. The maximum Gasteiger partial charge on any atom is 0.159 e. The maximum absolute atomic E-state index is 5.54. The molecule has 1 saturated heterocycles. The van der Waals surface area contributed by atoms with E-state index >= 15 is 0 Å². The van der Waals surface area contributed by atoms with Gasteiger partial charge in [-0.1, -0.05) is 19.3 Å². The Morgan fingerprint density at radius 1 is 1.29 bits per heavy atom. The Kier molecular flexibility index (Phi) is 5.27. The molecule has 1 aliphatic carbocycles. The Balaban J connectivity index is 1.54. The molecule has 2 fully saturated rings. The predicted molar refractivity (Wildman–Crippen MR) is 81.2 cm³/mol. The molecule has 0 amide bonds. The van der Waals surface area contributed by atoms with Crippen molar-refractivity contribution in [3.8, 4) is 0 Å². The zero-order valence-corrected chi connectivity index (χ0v) is 13.0. The van der Waals surface area contributed by atoms with Crippen molar-refractivity contribution in [2.45, 2.75) is 63.3 Å². The summed E-state index contributed by atoms with van der Waals surface area (Å²) in [6, 6.07) is 3.12. The van der Waals surface area contributed by atoms with Crippen molar-refractivity contribution in [3.63, 3.8) is 0 Å². The summed E-state index contributed by atoms with van der Waals surface area (Å²) in [7, 11) is 2.00. The minimum absolute atomic E-state index is 0.0529. The lowest BCUT2D eigenvalue weighted by Gasteiger charge is -2.22. The van der Waals surface area contributed by atoms with Crippen LogP contribution in [0.15, 0.2) is 12.3 Å². The van der Waals surface area contributed by atoms with Crippen molar-refractivity contribution >= 4 is 0 Å². The molecule has 2 aliphatic rings. The smallest absolute Gasteiger partial charge is 0.159 e. The number of rotatable bonds is 6. The van der Waals surface area contributed by atoms with E-state index in [-0.39, 0.29) is 6.29 Å². The molecule has 0 spiro atoms. The highest BCUT2D eigenvalue weighted by atomic mass is 16.7. The topological polar surface area (TPSA) is 48.3 Å². The predicted octanol–water partition coefficient (Wildman–Crippen LogP) is 2.28. The van der Waals surface area contributed by atoms with E-state index < -0.39 is 0 Å². The lowest BCUT2D eigenvalue weighted by atomic mass is 9.96. The third-order valence-electron chi connectivity index (χ3n) is 4.64. The number of nitrogens with one attached hydrogen (secondary N) is 1. The van der Waals surface area contributed by atoms with E-state index in [9.17, 15) is 0 Å². The number of ether oxygens (including phenoxy) is 2. The van der Waals surface area contributed by atoms with E-state index in [1.807, 2.05) is 7.05 Å². The van der Waals surface area contributed by atoms with Gasteiger partial charge < -0.3 is 14.8 Å². The molecule has 1 N–H and O–H groups in total. The van der Waals surface area contributed by atoms with Gasteiger partial charge in [-0.15, -0.1) is 0 Å². The standard InChI is InChI=1S/C16H27N3O2/c1-17-14(12-16-20-9-10-21-16)11-13-7-8-19(18-13)15-5-3-2-4-6-15/h7-8,14-17H,2-6,9-12H2,1H3. The lowest BCUT2D eigenvalue weighted by Crippen LogP contribution is -2.32. The molecule has 2 heterocycles. The quantitative estimate of drug-likeness (QED) is 0.874. The second-order valence-electron chi connectivity index (χ2n) is 6.18. The van der Waals surface area contributed by atoms with Crippen molar-refractivity contribution in [1.82, 2.24) is 15.1 Å². The molecular weight excluding hydrogens is 266 g/mol. The Morgan fingerprint density at radius 3 is 2.76 bits per heavy atom. The molecule has 1 aromatic heterocycles. The van der Waals surface area contributed by atoms with Crippen LogP contribution in [-0.2, 0) is 15.9 Å². The van der Waals surface area contributed by atoms with E-state index in [0.29, 0.717) is 12.1 Å². The summed E-state index contributed by atoms with van der Waals surface area (Å²) in [5, 5.41) is 8.15. The summed E-state index contributed by atoms with van der Waals surface area (Å²) in [6.07, 6.45) is 10.5. The second-order valence-corrected chi connectivity index (χ2v) is 6.18. The van der Waals surface area contributed by atoms with Crippen LogP contribution in [0, 0.1) is 0 Å². The van der Waals surface area contributed by atoms with Crippen LogP contribution in [-0.4, -0.2) is 42.4 Å². The molecule has 1 saturated carbocycles. The Hall–Kier alpha value is -0.910. The number of likely N-dealkylation sites (N-methyl/N-ethyl adjacent to an activating group) is 1. The largest absolute Gasteiger partial charge is 0.350 e. The number of nitrogens with zero attached hydrogens (tertiary/aromatic N) is 2. The highest BCUT2D eigenvalue weighted by Crippen LogP contribution is 2.27. The zero-order valence-electron chi connectivity index (χ0n) is 13.0. The third-order valence-corrected chi connectivity index (χ3v) is 4.64. The number of aromatic nitrogens is 2. The summed E-state index contributed by atoms with van der Waals surface area (Å²) in [5.74, 6) is 0. The van der Waals surface area contributed by atoms with Gasteiger partial charge in [0.2, 0.25) is 0 Å². The van der Waals surface area contributed by atoms with Crippen LogP contribution in [0.5, 0.6) is 0 Å². The first-order valence-electron chi connectivity index (χ1n) is 8.29. The second kappa shape index (κ2) is 7.38. The summed E-state index contributed by atoms with van der Waals surface area (Å²) in [6.45, 7) is 1.44. The van der Waals surface area contributed by atoms with Gasteiger partial charge in [0.1, 0.15) is 0 Å². The molecule has 0 radical (unpaired) electrons. The Bertz CT molecular complexity index is 423. The highest BCUT2D eigenvalue weighted by molar-refractivity contribution is 5.02. The Labute approximate surface area is 127 Å². The average Bonchev–Trinajstić information content (AvgIpc) is 3.19. The fourth-order valence-corrected chi connectivity index (χ4v) is 3.37. The molecule has 5 heteroatoms. The van der Waals surface area contributed by atoms with Gasteiger partial charge in [-0.05, 0) is 26.0 Å². The number of hydrogen-bond acceptors (Lipinski definition) is 4. The van der Waals surface area contributed by atoms with E-state index in [1.54, 1.807) is 0 Å². The first kappa shape index (κ1) is 15.0. The SMILES string of the molecule is CNC(Cc1ccn(C2CCCCC2)n1)CC1OCCO1. The maximum atomic E-state index is 5.54. The van der Waals surface area contributed by atoms with Crippen LogP contribution < -0.4 is 5.32 Å².